The van der Waals surface area contributed by atoms with Gasteiger partial charge in [-0.25, -0.2) is 0 Å². The molecule has 1 spiro atoms. The van der Waals surface area contributed by atoms with Gasteiger partial charge in [-0.1, -0.05) is 13.8 Å². The van der Waals surface area contributed by atoms with Gasteiger partial charge in [-0.3, -0.25) is 0 Å². The molecule has 4 nitrogen and oxygen atoms in total. The molecule has 4 heteroatoms. The average Bonchev–Trinajstić information content (AvgIpc) is 3.24. The molecule has 1 heterocycles. The highest BCUT2D eigenvalue weighted by molar-refractivity contribution is 5.14. The molecule has 0 unspecified atom stereocenters. The summed E-state index contributed by atoms with van der Waals surface area (Å²) in [4.78, 5) is 0. The summed E-state index contributed by atoms with van der Waals surface area (Å²) in [5.41, 5.74) is -0.109. The monoisotopic (exact) mass is 392 g/mol. The minimum atomic E-state index is -0.564. The molecule has 4 aliphatic carbocycles. The van der Waals surface area contributed by atoms with E-state index >= 15 is 0 Å². The second kappa shape index (κ2) is 6.67. The van der Waals surface area contributed by atoms with Crippen molar-refractivity contribution in [3.63, 3.8) is 0 Å². The van der Waals surface area contributed by atoms with Gasteiger partial charge in [0.1, 0.15) is 0 Å². The second-order valence-corrected chi connectivity index (χ2v) is 11.3. The number of fused-ring (bicyclic) bond motifs is 5. The van der Waals surface area contributed by atoms with Gasteiger partial charge in [0.15, 0.2) is 5.79 Å². The summed E-state index contributed by atoms with van der Waals surface area (Å²) in [6, 6.07) is 0. The van der Waals surface area contributed by atoms with Crippen molar-refractivity contribution in [2.45, 2.75) is 95.9 Å². The van der Waals surface area contributed by atoms with Crippen LogP contribution in [0.4, 0.5) is 0 Å². The maximum absolute atomic E-state index is 11.6. The Morgan fingerprint density at radius 3 is 2.39 bits per heavy atom. The fourth-order valence-electron chi connectivity index (χ4n) is 8.85. The van der Waals surface area contributed by atoms with Crippen LogP contribution in [0.2, 0.25) is 0 Å². The smallest absolute Gasteiger partial charge is 0.168 e. The molecule has 5 fully saturated rings. The van der Waals surface area contributed by atoms with E-state index in [0.29, 0.717) is 11.3 Å². The van der Waals surface area contributed by atoms with E-state index in [4.69, 9.17) is 9.47 Å². The molecule has 0 aromatic heterocycles. The summed E-state index contributed by atoms with van der Waals surface area (Å²) >= 11 is 0. The highest BCUT2D eigenvalue weighted by Crippen LogP contribution is 2.69. The van der Waals surface area contributed by atoms with Gasteiger partial charge in [-0.05, 0) is 92.3 Å². The quantitative estimate of drug-likeness (QED) is 0.753. The van der Waals surface area contributed by atoms with Gasteiger partial charge in [0.25, 0.3) is 0 Å². The zero-order valence-corrected chi connectivity index (χ0v) is 17.9. The van der Waals surface area contributed by atoms with Crippen molar-refractivity contribution in [3.8, 4) is 0 Å². The normalized spacial score (nSPS) is 52.3. The number of rotatable bonds is 3. The molecule has 7 atom stereocenters. The van der Waals surface area contributed by atoms with Gasteiger partial charge in [0.2, 0.25) is 0 Å². The first-order valence-electron chi connectivity index (χ1n) is 12.0. The standard InChI is InChI=1S/C24H40O4/c1-21-11-12-24(27-14-15-28-24)16-17(21)4-5-18-19(21)6-9-22(2)20(18)7-10-23(22,26)8-3-13-25/h17-20,25-26H,3-16H2,1-2H3/t17-,18+,19-,20-,21-,22-,23-/m0/s1. The Bertz CT molecular complexity index is 601. The Morgan fingerprint density at radius 2 is 1.64 bits per heavy atom. The van der Waals surface area contributed by atoms with Crippen molar-refractivity contribution < 1.29 is 19.7 Å². The minimum Gasteiger partial charge on any atom is -0.396 e. The van der Waals surface area contributed by atoms with Crippen LogP contribution in [-0.2, 0) is 9.47 Å². The summed E-state index contributed by atoms with van der Waals surface area (Å²) in [5.74, 6) is 2.67. The van der Waals surface area contributed by atoms with Crippen molar-refractivity contribution in [2.75, 3.05) is 19.8 Å². The van der Waals surface area contributed by atoms with E-state index in [1.165, 1.54) is 32.1 Å². The Morgan fingerprint density at radius 1 is 0.893 bits per heavy atom. The largest absolute Gasteiger partial charge is 0.396 e. The van der Waals surface area contributed by atoms with Gasteiger partial charge in [-0.2, -0.15) is 0 Å². The fraction of sp³-hybridized carbons (Fsp3) is 1.00. The summed E-state index contributed by atoms with van der Waals surface area (Å²) in [6.45, 7) is 6.68. The van der Waals surface area contributed by atoms with Crippen molar-refractivity contribution in [1.82, 2.24) is 0 Å². The number of hydrogen-bond acceptors (Lipinski definition) is 4. The van der Waals surface area contributed by atoms with Gasteiger partial charge in [0.05, 0.1) is 18.8 Å². The zero-order chi connectivity index (χ0) is 19.6. The Labute approximate surface area is 170 Å². The number of hydrogen-bond donors (Lipinski definition) is 2. The van der Waals surface area contributed by atoms with Crippen molar-refractivity contribution in [1.29, 1.82) is 0 Å². The summed E-state index contributed by atoms with van der Waals surface area (Å²) in [7, 11) is 0. The van der Waals surface area contributed by atoms with Crippen LogP contribution in [0, 0.1) is 34.5 Å². The predicted molar refractivity (Wildman–Crippen MR) is 108 cm³/mol. The Kier molecular flexibility index (Phi) is 4.71. The molecule has 0 aromatic rings. The number of aliphatic hydroxyl groups excluding tert-OH is 1. The molecule has 1 saturated heterocycles. The third-order valence-electron chi connectivity index (χ3n) is 10.6. The third kappa shape index (κ3) is 2.63. The lowest BCUT2D eigenvalue weighted by Crippen LogP contribution is -2.58. The molecule has 5 aliphatic rings. The van der Waals surface area contributed by atoms with Crippen LogP contribution in [0.15, 0.2) is 0 Å². The van der Waals surface area contributed by atoms with E-state index in [2.05, 4.69) is 13.8 Å². The average molecular weight is 393 g/mol. The van der Waals surface area contributed by atoms with Crippen molar-refractivity contribution in [3.05, 3.63) is 0 Å². The molecule has 5 rings (SSSR count). The highest BCUT2D eigenvalue weighted by Gasteiger charge is 2.65. The van der Waals surface area contributed by atoms with Crippen LogP contribution in [0.3, 0.4) is 0 Å². The van der Waals surface area contributed by atoms with E-state index in [1.54, 1.807) is 0 Å². The molecule has 0 radical (unpaired) electrons. The first-order chi connectivity index (χ1) is 13.4. The maximum atomic E-state index is 11.6. The zero-order valence-electron chi connectivity index (χ0n) is 17.9. The van der Waals surface area contributed by atoms with E-state index < -0.39 is 5.60 Å². The van der Waals surface area contributed by atoms with E-state index in [1.807, 2.05) is 0 Å². The van der Waals surface area contributed by atoms with E-state index in [9.17, 15) is 10.2 Å². The van der Waals surface area contributed by atoms with Crippen LogP contribution in [0.25, 0.3) is 0 Å². The van der Waals surface area contributed by atoms with Crippen molar-refractivity contribution >= 4 is 0 Å². The van der Waals surface area contributed by atoms with Crippen LogP contribution >= 0.6 is 0 Å². The Balaban J connectivity index is 1.37. The molecule has 1 aliphatic heterocycles. The van der Waals surface area contributed by atoms with Gasteiger partial charge >= 0.3 is 0 Å². The second-order valence-electron chi connectivity index (χ2n) is 11.3. The maximum Gasteiger partial charge on any atom is 0.168 e. The Hall–Kier alpha value is -0.160. The molecule has 0 aromatic carbocycles. The van der Waals surface area contributed by atoms with E-state index in [-0.39, 0.29) is 17.8 Å². The van der Waals surface area contributed by atoms with E-state index in [0.717, 1.165) is 69.5 Å². The highest BCUT2D eigenvalue weighted by atomic mass is 16.7. The first-order valence-corrected chi connectivity index (χ1v) is 12.0. The minimum absolute atomic E-state index is 0.0418. The lowest BCUT2D eigenvalue weighted by atomic mass is 9.44. The molecule has 0 bridgehead atoms. The topological polar surface area (TPSA) is 58.9 Å². The van der Waals surface area contributed by atoms with Gasteiger partial charge in [-0.15, -0.1) is 0 Å². The molecule has 28 heavy (non-hydrogen) atoms. The summed E-state index contributed by atoms with van der Waals surface area (Å²) in [6.07, 6.45) is 12.0. The fourth-order valence-corrected chi connectivity index (χ4v) is 8.85. The lowest BCUT2D eigenvalue weighted by molar-refractivity contribution is -0.232. The molecule has 4 saturated carbocycles. The lowest BCUT2D eigenvalue weighted by Gasteiger charge is -2.62. The number of aliphatic hydroxyl groups is 2. The first kappa shape index (κ1) is 19.8. The van der Waals surface area contributed by atoms with Gasteiger partial charge < -0.3 is 19.7 Å². The molecular weight excluding hydrogens is 352 g/mol. The number of ether oxygens (including phenoxy) is 2. The van der Waals surface area contributed by atoms with Crippen LogP contribution < -0.4 is 0 Å². The molecule has 160 valence electrons. The van der Waals surface area contributed by atoms with Crippen LogP contribution in [0.1, 0.15) is 84.5 Å². The van der Waals surface area contributed by atoms with Gasteiger partial charge in [0, 0.05) is 19.4 Å². The molecular formula is C24H40O4. The van der Waals surface area contributed by atoms with Crippen LogP contribution in [-0.4, -0.2) is 41.4 Å². The molecule has 2 N–H and O–H groups in total. The summed E-state index contributed by atoms with van der Waals surface area (Å²) < 4.78 is 12.2. The van der Waals surface area contributed by atoms with Crippen molar-refractivity contribution in [2.24, 2.45) is 34.5 Å². The summed E-state index contributed by atoms with van der Waals surface area (Å²) in [5, 5.41) is 20.9. The molecule has 0 amide bonds. The third-order valence-corrected chi connectivity index (χ3v) is 10.6. The SMILES string of the molecule is C[C@]12CCC3(C[C@@H]1CC[C@@H]1[C@@H]2CC[C@@]2(C)[C@H]1CC[C@@]2(O)CCCO)OCCO3. The van der Waals surface area contributed by atoms with Crippen LogP contribution in [0.5, 0.6) is 0 Å². The predicted octanol–water partition coefficient (Wildman–Crippen LogP) is 4.28.